The zero-order chi connectivity index (χ0) is 25.3. The number of carbonyl (C=O) groups excluding carboxylic acids is 1. The fourth-order valence-corrected chi connectivity index (χ4v) is 3.97. The Labute approximate surface area is 196 Å². The van der Waals surface area contributed by atoms with Gasteiger partial charge in [-0.1, -0.05) is 6.07 Å². The first kappa shape index (κ1) is 24.2. The molecule has 1 aromatic carbocycles. The fourth-order valence-electron chi connectivity index (χ4n) is 3.97. The van der Waals surface area contributed by atoms with E-state index in [1.165, 1.54) is 36.7 Å². The molecule has 1 fully saturated rings. The summed E-state index contributed by atoms with van der Waals surface area (Å²) in [5.41, 5.74) is 7.50. The minimum absolute atomic E-state index is 0.0172. The molecule has 3 N–H and O–H groups in total. The number of hydrogen-bond donors (Lipinski definition) is 3. The van der Waals surface area contributed by atoms with Crippen LogP contribution < -0.4 is 15.4 Å². The Morgan fingerprint density at radius 3 is 2.77 bits per heavy atom. The number of rotatable bonds is 7. The maximum Gasteiger partial charge on any atom is 0.405 e. The number of hydrogen-bond acceptors (Lipinski definition) is 8. The standard InChI is InChI=1S/C21H22F4N8O2/c1-11(34)32-6-5-13(8-32)28-20-29-19(35-2)18-17(14(22)9-33(18)31-20)12-3-4-15(30-26)16(7-12)27-10-21(23,24)25/h3-4,7,9,13,26-27H,5-6,8,10H2,1-2H3,(H,28,31)/t13-/m0/s1. The third kappa shape index (κ3) is 5.10. The molecule has 0 spiro atoms. The minimum atomic E-state index is -4.50. The number of fused-ring (bicyclic) bond motifs is 1. The summed E-state index contributed by atoms with van der Waals surface area (Å²) in [6.07, 6.45) is -2.69. The average Bonchev–Trinajstić information content (AvgIpc) is 3.40. The van der Waals surface area contributed by atoms with Crippen LogP contribution in [0, 0.1) is 11.3 Å². The third-order valence-electron chi connectivity index (χ3n) is 5.60. The second kappa shape index (κ2) is 9.35. The van der Waals surface area contributed by atoms with Crippen molar-refractivity contribution in [1.82, 2.24) is 19.5 Å². The molecule has 0 bridgehead atoms. The van der Waals surface area contributed by atoms with Crippen LogP contribution in [0.1, 0.15) is 13.3 Å². The summed E-state index contributed by atoms with van der Waals surface area (Å²) in [4.78, 5) is 17.6. The van der Waals surface area contributed by atoms with E-state index in [1.54, 1.807) is 4.90 Å². The number of halogens is 4. The van der Waals surface area contributed by atoms with E-state index in [1.807, 2.05) is 0 Å². The van der Waals surface area contributed by atoms with Crippen LogP contribution in [0.25, 0.3) is 16.6 Å². The quantitative estimate of drug-likeness (QED) is 0.334. The first-order chi connectivity index (χ1) is 16.6. The summed E-state index contributed by atoms with van der Waals surface area (Å²) in [6.45, 7) is 1.22. The summed E-state index contributed by atoms with van der Waals surface area (Å²) in [5.74, 6) is -0.520. The molecule has 3 aromatic rings. The van der Waals surface area contributed by atoms with E-state index < -0.39 is 18.5 Å². The number of anilines is 2. The van der Waals surface area contributed by atoms with Gasteiger partial charge in [0.15, 0.2) is 5.82 Å². The number of nitrogens with one attached hydrogen (secondary N) is 3. The Hall–Kier alpha value is -3.97. The molecule has 186 valence electrons. The van der Waals surface area contributed by atoms with Crippen molar-refractivity contribution >= 4 is 28.7 Å². The van der Waals surface area contributed by atoms with Crippen molar-refractivity contribution in [2.24, 2.45) is 5.11 Å². The van der Waals surface area contributed by atoms with Gasteiger partial charge in [-0.2, -0.15) is 23.3 Å². The maximum atomic E-state index is 15.1. The molecule has 1 amide bonds. The van der Waals surface area contributed by atoms with Gasteiger partial charge in [0.1, 0.15) is 17.7 Å². The van der Waals surface area contributed by atoms with Crippen LogP contribution in [0.2, 0.25) is 0 Å². The number of ether oxygens (including phenoxy) is 1. The first-order valence-electron chi connectivity index (χ1n) is 10.6. The lowest BCUT2D eigenvalue weighted by Gasteiger charge is -2.16. The number of amides is 1. The van der Waals surface area contributed by atoms with Crippen molar-refractivity contribution in [3.8, 4) is 17.0 Å². The number of benzene rings is 1. The van der Waals surface area contributed by atoms with E-state index in [0.29, 0.717) is 19.5 Å². The van der Waals surface area contributed by atoms with E-state index in [0.717, 1.165) is 6.20 Å². The number of methoxy groups -OCH3 is 1. The number of nitrogens with zero attached hydrogens (tertiary/aromatic N) is 5. The second-order valence-corrected chi connectivity index (χ2v) is 8.00. The van der Waals surface area contributed by atoms with Gasteiger partial charge in [-0.15, -0.1) is 5.10 Å². The molecule has 0 unspecified atom stereocenters. The van der Waals surface area contributed by atoms with Gasteiger partial charge in [0.05, 0.1) is 24.6 Å². The van der Waals surface area contributed by atoms with Crippen molar-refractivity contribution in [3.63, 3.8) is 0 Å². The molecule has 2 aromatic heterocycles. The van der Waals surface area contributed by atoms with E-state index in [4.69, 9.17) is 10.3 Å². The molecule has 1 aliphatic heterocycles. The molecule has 1 saturated heterocycles. The molecule has 35 heavy (non-hydrogen) atoms. The molecule has 4 rings (SSSR count). The largest absolute Gasteiger partial charge is 0.479 e. The Kier molecular flexibility index (Phi) is 6.45. The van der Waals surface area contributed by atoms with Crippen LogP contribution in [0.3, 0.4) is 0 Å². The smallest absolute Gasteiger partial charge is 0.405 e. The third-order valence-corrected chi connectivity index (χ3v) is 5.60. The monoisotopic (exact) mass is 494 g/mol. The van der Waals surface area contributed by atoms with Gasteiger partial charge in [0, 0.05) is 26.1 Å². The zero-order valence-electron chi connectivity index (χ0n) is 18.8. The summed E-state index contributed by atoms with van der Waals surface area (Å²) in [7, 11) is 1.35. The van der Waals surface area contributed by atoms with E-state index in [9.17, 15) is 18.0 Å². The molecule has 1 atom stereocenters. The van der Waals surface area contributed by atoms with Crippen LogP contribution in [-0.4, -0.2) is 64.4 Å². The van der Waals surface area contributed by atoms with Crippen molar-refractivity contribution in [2.75, 3.05) is 37.4 Å². The summed E-state index contributed by atoms with van der Waals surface area (Å²) >= 11 is 0. The fraction of sp³-hybridized carbons (Fsp3) is 0.381. The van der Waals surface area contributed by atoms with E-state index in [2.05, 4.69) is 25.8 Å². The molecule has 0 aliphatic carbocycles. The normalized spacial score (nSPS) is 15.9. The topological polar surface area (TPSA) is 120 Å². The highest BCUT2D eigenvalue weighted by Crippen LogP contribution is 2.38. The molecule has 1 aliphatic rings. The number of aromatic nitrogens is 3. The lowest BCUT2D eigenvalue weighted by molar-refractivity contribution is -0.127. The van der Waals surface area contributed by atoms with Crippen molar-refractivity contribution < 1.29 is 27.1 Å². The minimum Gasteiger partial charge on any atom is -0.479 e. The highest BCUT2D eigenvalue weighted by molar-refractivity contribution is 5.88. The number of likely N-dealkylation sites (tertiary alicyclic amines) is 1. The van der Waals surface area contributed by atoms with Gasteiger partial charge in [-0.25, -0.2) is 14.4 Å². The molecular weight excluding hydrogens is 472 g/mol. The SMILES string of the molecule is COc1nc(N[C@H]2CCN(C(C)=O)C2)nn2cc(F)c(-c3ccc(N=N)c(NCC(F)(F)F)c3)c12. The van der Waals surface area contributed by atoms with Gasteiger partial charge >= 0.3 is 6.18 Å². The van der Waals surface area contributed by atoms with Crippen LogP contribution in [-0.2, 0) is 4.79 Å². The molecular formula is C21H22F4N8O2. The van der Waals surface area contributed by atoms with Crippen molar-refractivity contribution in [2.45, 2.75) is 25.6 Å². The lowest BCUT2D eigenvalue weighted by Crippen LogP contribution is -2.30. The van der Waals surface area contributed by atoms with Gasteiger partial charge in [-0.05, 0) is 24.1 Å². The van der Waals surface area contributed by atoms with Gasteiger partial charge in [0.2, 0.25) is 17.7 Å². The van der Waals surface area contributed by atoms with E-state index in [-0.39, 0.29) is 51.8 Å². The molecule has 3 heterocycles. The van der Waals surface area contributed by atoms with Gasteiger partial charge in [0.25, 0.3) is 0 Å². The predicted octanol–water partition coefficient (Wildman–Crippen LogP) is 4.21. The highest BCUT2D eigenvalue weighted by atomic mass is 19.4. The van der Waals surface area contributed by atoms with E-state index >= 15 is 4.39 Å². The zero-order valence-corrected chi connectivity index (χ0v) is 18.8. The van der Waals surface area contributed by atoms with Crippen LogP contribution >= 0.6 is 0 Å². The first-order valence-corrected chi connectivity index (χ1v) is 10.6. The van der Waals surface area contributed by atoms with Crippen molar-refractivity contribution in [3.05, 3.63) is 30.2 Å². The average molecular weight is 494 g/mol. The number of carbonyl (C=O) groups is 1. The lowest BCUT2D eigenvalue weighted by atomic mass is 10.0. The predicted molar refractivity (Wildman–Crippen MR) is 119 cm³/mol. The Morgan fingerprint density at radius 1 is 1.37 bits per heavy atom. The van der Waals surface area contributed by atoms with Crippen molar-refractivity contribution in [1.29, 1.82) is 5.53 Å². The summed E-state index contributed by atoms with van der Waals surface area (Å²) in [6, 6.07) is 3.93. The van der Waals surface area contributed by atoms with Crippen LogP contribution in [0.4, 0.5) is 34.9 Å². The second-order valence-electron chi connectivity index (χ2n) is 8.00. The highest BCUT2D eigenvalue weighted by Gasteiger charge is 2.28. The maximum absolute atomic E-state index is 15.1. The van der Waals surface area contributed by atoms with Gasteiger partial charge < -0.3 is 20.3 Å². The van der Waals surface area contributed by atoms with Crippen LogP contribution in [0.5, 0.6) is 5.88 Å². The summed E-state index contributed by atoms with van der Waals surface area (Å²) < 4.78 is 59.8. The Bertz CT molecular complexity index is 1280. The van der Waals surface area contributed by atoms with Crippen LogP contribution in [0.15, 0.2) is 29.5 Å². The molecule has 14 heteroatoms. The molecule has 0 radical (unpaired) electrons. The Balaban J connectivity index is 1.71. The Morgan fingerprint density at radius 2 is 2.14 bits per heavy atom. The molecule has 0 saturated carbocycles. The molecule has 10 nitrogen and oxygen atoms in total. The van der Waals surface area contributed by atoms with Gasteiger partial charge in [-0.3, -0.25) is 4.79 Å². The summed E-state index contributed by atoms with van der Waals surface area (Å²) in [5, 5.41) is 12.9. The number of alkyl halides is 3.